The van der Waals surface area contributed by atoms with Gasteiger partial charge in [0, 0.05) is 18.0 Å². The number of nitrogens with zero attached hydrogens (tertiary/aromatic N) is 2. The number of hydrogen-bond donors (Lipinski definition) is 0. The van der Waals surface area contributed by atoms with Gasteiger partial charge in [0.25, 0.3) is 0 Å². The smallest absolute Gasteiger partial charge is 0.0645 e. The number of halogens is 1. The van der Waals surface area contributed by atoms with Crippen molar-refractivity contribution in [1.29, 1.82) is 0 Å². The highest BCUT2D eigenvalue weighted by Gasteiger charge is 2.29. The second-order valence-electron chi connectivity index (χ2n) is 3.27. The first-order chi connectivity index (χ1) is 5.86. The predicted octanol–water partition coefficient (Wildman–Crippen LogP) is 2.04. The molecule has 2 nitrogen and oxygen atoms in total. The molecular formula is C9H11ClN2. The SMILES string of the molecule is ClC(Cc1cccnn1)C1CC1. The Labute approximate surface area is 77.0 Å². The highest BCUT2D eigenvalue weighted by Crippen LogP contribution is 2.36. The molecule has 1 aromatic rings. The zero-order valence-corrected chi connectivity index (χ0v) is 7.54. The zero-order chi connectivity index (χ0) is 8.39. The molecular weight excluding hydrogens is 172 g/mol. The van der Waals surface area contributed by atoms with Crippen molar-refractivity contribution in [3.63, 3.8) is 0 Å². The maximum Gasteiger partial charge on any atom is 0.0645 e. The molecule has 1 atom stereocenters. The maximum absolute atomic E-state index is 6.14. The van der Waals surface area contributed by atoms with E-state index in [1.54, 1.807) is 6.20 Å². The summed E-state index contributed by atoms with van der Waals surface area (Å²) in [5.74, 6) is 0.730. The number of hydrogen-bond acceptors (Lipinski definition) is 2. The van der Waals surface area contributed by atoms with Gasteiger partial charge in [0.15, 0.2) is 0 Å². The van der Waals surface area contributed by atoms with Crippen LogP contribution in [0.5, 0.6) is 0 Å². The summed E-state index contributed by atoms with van der Waals surface area (Å²) in [7, 11) is 0. The monoisotopic (exact) mass is 182 g/mol. The quantitative estimate of drug-likeness (QED) is 0.669. The van der Waals surface area contributed by atoms with Crippen LogP contribution in [-0.4, -0.2) is 15.6 Å². The van der Waals surface area contributed by atoms with Crippen LogP contribution in [0.3, 0.4) is 0 Å². The second kappa shape index (κ2) is 3.40. The normalized spacial score (nSPS) is 19.1. The van der Waals surface area contributed by atoms with Crippen molar-refractivity contribution >= 4 is 11.6 Å². The van der Waals surface area contributed by atoms with Crippen LogP contribution in [0, 0.1) is 5.92 Å². The Hall–Kier alpha value is -0.630. The molecule has 1 saturated carbocycles. The summed E-state index contributed by atoms with van der Waals surface area (Å²) in [5.41, 5.74) is 1.00. The third-order valence-electron chi connectivity index (χ3n) is 2.17. The van der Waals surface area contributed by atoms with Crippen LogP contribution in [0.2, 0.25) is 0 Å². The molecule has 0 amide bonds. The van der Waals surface area contributed by atoms with Crippen LogP contribution < -0.4 is 0 Å². The largest absolute Gasteiger partial charge is 0.159 e. The summed E-state index contributed by atoms with van der Waals surface area (Å²) in [6.45, 7) is 0. The average Bonchev–Trinajstić information content (AvgIpc) is 2.88. The van der Waals surface area contributed by atoms with E-state index in [-0.39, 0.29) is 5.38 Å². The van der Waals surface area contributed by atoms with Crippen molar-refractivity contribution in [2.24, 2.45) is 5.92 Å². The van der Waals surface area contributed by atoms with Crippen LogP contribution >= 0.6 is 11.6 Å². The van der Waals surface area contributed by atoms with Gasteiger partial charge in [-0.05, 0) is 30.9 Å². The summed E-state index contributed by atoms with van der Waals surface area (Å²) < 4.78 is 0. The predicted molar refractivity (Wildman–Crippen MR) is 48.1 cm³/mol. The molecule has 64 valence electrons. The van der Waals surface area contributed by atoms with Gasteiger partial charge in [0.05, 0.1) is 5.69 Å². The van der Waals surface area contributed by atoms with Gasteiger partial charge in [-0.15, -0.1) is 11.6 Å². The van der Waals surface area contributed by atoms with Crippen molar-refractivity contribution in [2.45, 2.75) is 24.6 Å². The Bertz CT molecular complexity index is 246. The molecule has 0 N–H and O–H groups in total. The van der Waals surface area contributed by atoms with E-state index in [9.17, 15) is 0 Å². The Balaban J connectivity index is 1.94. The Morgan fingerprint density at radius 1 is 1.58 bits per heavy atom. The molecule has 0 aliphatic heterocycles. The molecule has 0 aromatic carbocycles. The molecule has 1 aliphatic carbocycles. The lowest BCUT2D eigenvalue weighted by Gasteiger charge is -2.04. The third kappa shape index (κ3) is 1.95. The van der Waals surface area contributed by atoms with Gasteiger partial charge in [0.2, 0.25) is 0 Å². The van der Waals surface area contributed by atoms with Gasteiger partial charge in [-0.1, -0.05) is 0 Å². The second-order valence-corrected chi connectivity index (χ2v) is 3.83. The molecule has 1 heterocycles. The summed E-state index contributed by atoms with van der Waals surface area (Å²) in [4.78, 5) is 0. The van der Waals surface area contributed by atoms with Gasteiger partial charge in [-0.25, -0.2) is 0 Å². The van der Waals surface area contributed by atoms with Crippen molar-refractivity contribution in [1.82, 2.24) is 10.2 Å². The lowest BCUT2D eigenvalue weighted by Crippen LogP contribution is -2.07. The molecule has 0 spiro atoms. The lowest BCUT2D eigenvalue weighted by molar-refractivity contribution is 0.714. The van der Waals surface area contributed by atoms with E-state index in [1.807, 2.05) is 12.1 Å². The topological polar surface area (TPSA) is 25.8 Å². The molecule has 1 aliphatic rings. The number of alkyl halides is 1. The first-order valence-corrected chi connectivity index (χ1v) is 4.70. The van der Waals surface area contributed by atoms with Gasteiger partial charge < -0.3 is 0 Å². The van der Waals surface area contributed by atoms with Crippen LogP contribution in [-0.2, 0) is 6.42 Å². The Morgan fingerprint density at radius 3 is 3.00 bits per heavy atom. The molecule has 1 aromatic heterocycles. The van der Waals surface area contributed by atoms with E-state index < -0.39 is 0 Å². The Morgan fingerprint density at radius 2 is 2.42 bits per heavy atom. The van der Waals surface area contributed by atoms with Crippen LogP contribution in [0.4, 0.5) is 0 Å². The van der Waals surface area contributed by atoms with E-state index in [2.05, 4.69) is 10.2 Å². The van der Waals surface area contributed by atoms with E-state index in [4.69, 9.17) is 11.6 Å². The fourth-order valence-corrected chi connectivity index (χ4v) is 1.68. The molecule has 1 fully saturated rings. The number of rotatable bonds is 3. The molecule has 2 rings (SSSR count). The summed E-state index contributed by atoms with van der Waals surface area (Å²) in [6.07, 6.45) is 5.12. The minimum atomic E-state index is 0.265. The minimum Gasteiger partial charge on any atom is -0.159 e. The van der Waals surface area contributed by atoms with Crippen LogP contribution in [0.1, 0.15) is 18.5 Å². The number of aromatic nitrogens is 2. The molecule has 0 saturated heterocycles. The fraction of sp³-hybridized carbons (Fsp3) is 0.556. The first kappa shape index (κ1) is 7.99. The summed E-state index contributed by atoms with van der Waals surface area (Å²) >= 11 is 6.14. The molecule has 0 radical (unpaired) electrons. The summed E-state index contributed by atoms with van der Waals surface area (Å²) in [5, 5.41) is 8.07. The van der Waals surface area contributed by atoms with E-state index in [1.165, 1.54) is 12.8 Å². The van der Waals surface area contributed by atoms with Crippen LogP contribution in [0.25, 0.3) is 0 Å². The van der Waals surface area contributed by atoms with E-state index >= 15 is 0 Å². The maximum atomic E-state index is 6.14. The van der Waals surface area contributed by atoms with Crippen molar-refractivity contribution in [2.75, 3.05) is 0 Å². The molecule has 12 heavy (non-hydrogen) atoms. The van der Waals surface area contributed by atoms with Crippen molar-refractivity contribution in [3.05, 3.63) is 24.0 Å². The molecule has 1 unspecified atom stereocenters. The summed E-state index contributed by atoms with van der Waals surface area (Å²) in [6, 6.07) is 3.88. The standard InChI is InChI=1S/C9H11ClN2/c10-9(7-3-4-7)6-8-2-1-5-11-12-8/h1-2,5,7,9H,3-4,6H2. The highest BCUT2D eigenvalue weighted by atomic mass is 35.5. The van der Waals surface area contributed by atoms with Gasteiger partial charge in [-0.3, -0.25) is 0 Å². The lowest BCUT2D eigenvalue weighted by atomic mass is 10.1. The van der Waals surface area contributed by atoms with Gasteiger partial charge in [-0.2, -0.15) is 10.2 Å². The van der Waals surface area contributed by atoms with Crippen molar-refractivity contribution in [3.8, 4) is 0 Å². The minimum absolute atomic E-state index is 0.265. The van der Waals surface area contributed by atoms with Crippen molar-refractivity contribution < 1.29 is 0 Å². The average molecular weight is 183 g/mol. The molecule has 0 bridgehead atoms. The third-order valence-corrected chi connectivity index (χ3v) is 2.68. The highest BCUT2D eigenvalue weighted by molar-refractivity contribution is 6.21. The van der Waals surface area contributed by atoms with Gasteiger partial charge in [0.1, 0.15) is 0 Å². The van der Waals surface area contributed by atoms with E-state index in [0.29, 0.717) is 0 Å². The zero-order valence-electron chi connectivity index (χ0n) is 6.78. The molecule has 3 heteroatoms. The van der Waals surface area contributed by atoms with E-state index in [0.717, 1.165) is 18.0 Å². The van der Waals surface area contributed by atoms with Crippen LogP contribution in [0.15, 0.2) is 18.3 Å². The van der Waals surface area contributed by atoms with Gasteiger partial charge >= 0.3 is 0 Å². The fourth-order valence-electron chi connectivity index (χ4n) is 1.27. The first-order valence-electron chi connectivity index (χ1n) is 4.27. The Kier molecular flexibility index (Phi) is 2.26.